The van der Waals surface area contributed by atoms with E-state index in [0.29, 0.717) is 22.7 Å². The minimum atomic E-state index is -0.449. The second-order valence-electron chi connectivity index (χ2n) is 5.13. The number of terminal acetylenes is 1. The van der Waals surface area contributed by atoms with Crippen molar-refractivity contribution in [1.29, 1.82) is 0 Å². The fourth-order valence-electron chi connectivity index (χ4n) is 2.44. The SMILES string of the molecule is C#CCn1c(=NC(=O)c2ccc(F)cc2)sc2cccc(OCC)c21. The number of ether oxygens (including phenoxy) is 1. The number of carbonyl (C=O) groups excluding carboxylic acids is 1. The first-order valence-electron chi connectivity index (χ1n) is 7.67. The summed E-state index contributed by atoms with van der Waals surface area (Å²) < 4.78 is 21.4. The van der Waals surface area contributed by atoms with E-state index >= 15 is 0 Å². The van der Waals surface area contributed by atoms with Crippen LogP contribution in [-0.2, 0) is 6.54 Å². The summed E-state index contributed by atoms with van der Waals surface area (Å²) >= 11 is 1.36. The van der Waals surface area contributed by atoms with Crippen LogP contribution in [0.2, 0.25) is 0 Å². The van der Waals surface area contributed by atoms with Gasteiger partial charge in [0, 0.05) is 5.56 Å². The zero-order chi connectivity index (χ0) is 17.8. The van der Waals surface area contributed by atoms with Gasteiger partial charge >= 0.3 is 0 Å². The van der Waals surface area contributed by atoms with Crippen LogP contribution < -0.4 is 9.54 Å². The highest BCUT2D eigenvalue weighted by atomic mass is 32.1. The molecule has 1 amide bonds. The molecule has 0 aliphatic rings. The highest BCUT2D eigenvalue weighted by molar-refractivity contribution is 7.16. The fraction of sp³-hybridized carbons (Fsp3) is 0.158. The van der Waals surface area contributed by atoms with Crippen LogP contribution in [0.25, 0.3) is 10.2 Å². The van der Waals surface area contributed by atoms with Crippen molar-refractivity contribution < 1.29 is 13.9 Å². The quantitative estimate of drug-likeness (QED) is 0.672. The van der Waals surface area contributed by atoms with E-state index in [2.05, 4.69) is 10.9 Å². The molecule has 0 spiro atoms. The molecular weight excluding hydrogens is 339 g/mol. The summed E-state index contributed by atoms with van der Waals surface area (Å²) in [6, 6.07) is 11.0. The third-order valence-electron chi connectivity index (χ3n) is 3.50. The lowest BCUT2D eigenvalue weighted by Gasteiger charge is -2.07. The fourth-order valence-corrected chi connectivity index (χ4v) is 3.48. The van der Waals surface area contributed by atoms with Crippen molar-refractivity contribution in [1.82, 2.24) is 4.57 Å². The molecule has 0 bridgehead atoms. The van der Waals surface area contributed by atoms with Crippen molar-refractivity contribution in [3.05, 3.63) is 58.6 Å². The van der Waals surface area contributed by atoms with Crippen molar-refractivity contribution in [3.8, 4) is 18.1 Å². The van der Waals surface area contributed by atoms with Gasteiger partial charge in [0.2, 0.25) is 0 Å². The van der Waals surface area contributed by atoms with E-state index < -0.39 is 11.7 Å². The molecule has 4 nitrogen and oxygen atoms in total. The lowest BCUT2D eigenvalue weighted by Crippen LogP contribution is -2.17. The molecule has 25 heavy (non-hydrogen) atoms. The molecule has 126 valence electrons. The maximum Gasteiger partial charge on any atom is 0.279 e. The monoisotopic (exact) mass is 354 g/mol. The Morgan fingerprint density at radius 3 is 2.76 bits per heavy atom. The van der Waals surface area contributed by atoms with E-state index in [1.807, 2.05) is 25.1 Å². The predicted molar refractivity (Wildman–Crippen MR) is 96.1 cm³/mol. The number of carbonyl (C=O) groups is 1. The molecule has 0 saturated heterocycles. The van der Waals surface area contributed by atoms with Gasteiger partial charge in [-0.25, -0.2) is 4.39 Å². The Morgan fingerprint density at radius 2 is 2.08 bits per heavy atom. The highest BCUT2D eigenvalue weighted by Gasteiger charge is 2.12. The summed E-state index contributed by atoms with van der Waals surface area (Å²) in [5.74, 6) is 2.43. The standard InChI is InChI=1S/C19H15FN2O2S/c1-3-12-22-17-15(24-4-2)6-5-7-16(17)25-19(22)21-18(23)13-8-10-14(20)11-9-13/h1,5-11H,4,12H2,2H3. The first kappa shape index (κ1) is 16.9. The van der Waals surface area contributed by atoms with Crippen LogP contribution in [0.3, 0.4) is 0 Å². The molecule has 0 aliphatic carbocycles. The number of para-hydroxylation sites is 1. The molecule has 3 aromatic rings. The number of hydrogen-bond acceptors (Lipinski definition) is 3. The van der Waals surface area contributed by atoms with Gasteiger partial charge in [-0.05, 0) is 43.3 Å². The molecule has 2 aromatic carbocycles. The Balaban J connectivity index is 2.16. The van der Waals surface area contributed by atoms with Crippen molar-refractivity contribution in [2.75, 3.05) is 6.61 Å². The van der Waals surface area contributed by atoms with Crippen LogP contribution in [0.5, 0.6) is 5.75 Å². The van der Waals surface area contributed by atoms with Gasteiger partial charge in [0.15, 0.2) is 4.80 Å². The summed E-state index contributed by atoms with van der Waals surface area (Å²) in [6.45, 7) is 2.69. The normalized spacial score (nSPS) is 11.5. The number of fused-ring (bicyclic) bond motifs is 1. The number of halogens is 1. The van der Waals surface area contributed by atoms with Gasteiger partial charge in [0.05, 0.1) is 17.9 Å². The molecule has 0 saturated carbocycles. The Hall–Kier alpha value is -2.91. The number of hydrogen-bond donors (Lipinski definition) is 0. The second-order valence-corrected chi connectivity index (χ2v) is 6.14. The van der Waals surface area contributed by atoms with E-state index in [1.54, 1.807) is 4.57 Å². The van der Waals surface area contributed by atoms with Gasteiger partial charge in [-0.15, -0.1) is 6.42 Å². The maximum absolute atomic E-state index is 13.0. The number of benzene rings is 2. The number of thiazole rings is 1. The smallest absolute Gasteiger partial charge is 0.279 e. The van der Waals surface area contributed by atoms with E-state index in [9.17, 15) is 9.18 Å². The largest absolute Gasteiger partial charge is 0.492 e. The van der Waals surface area contributed by atoms with Crippen molar-refractivity contribution >= 4 is 27.5 Å². The molecular formula is C19H15FN2O2S. The van der Waals surface area contributed by atoms with Gasteiger partial charge in [-0.2, -0.15) is 4.99 Å². The van der Waals surface area contributed by atoms with Gasteiger partial charge in [0.25, 0.3) is 5.91 Å². The van der Waals surface area contributed by atoms with Crippen LogP contribution >= 0.6 is 11.3 Å². The lowest BCUT2D eigenvalue weighted by molar-refractivity contribution is 0.0998. The van der Waals surface area contributed by atoms with E-state index in [1.165, 1.54) is 35.6 Å². The average molecular weight is 354 g/mol. The summed E-state index contributed by atoms with van der Waals surface area (Å²) in [5, 5.41) is 0. The van der Waals surface area contributed by atoms with Gasteiger partial charge in [0.1, 0.15) is 17.1 Å². The number of rotatable bonds is 4. The zero-order valence-electron chi connectivity index (χ0n) is 13.5. The van der Waals surface area contributed by atoms with E-state index in [4.69, 9.17) is 11.2 Å². The summed E-state index contributed by atoms with van der Waals surface area (Å²) in [6.07, 6.45) is 5.49. The number of amides is 1. The Kier molecular flexibility index (Phi) is 4.96. The van der Waals surface area contributed by atoms with Crippen molar-refractivity contribution in [3.63, 3.8) is 0 Å². The predicted octanol–water partition coefficient (Wildman–Crippen LogP) is 3.61. The molecule has 0 radical (unpaired) electrons. The van der Waals surface area contributed by atoms with E-state index in [-0.39, 0.29) is 6.54 Å². The second kappa shape index (κ2) is 7.32. The van der Waals surface area contributed by atoms with Crippen LogP contribution in [0.15, 0.2) is 47.5 Å². The first-order valence-corrected chi connectivity index (χ1v) is 8.49. The summed E-state index contributed by atoms with van der Waals surface area (Å²) in [5.41, 5.74) is 1.13. The Bertz CT molecular complexity index is 1030. The zero-order valence-corrected chi connectivity index (χ0v) is 14.3. The third kappa shape index (κ3) is 3.47. The minimum absolute atomic E-state index is 0.264. The van der Waals surface area contributed by atoms with Gasteiger partial charge in [-0.1, -0.05) is 23.3 Å². The Morgan fingerprint density at radius 1 is 1.32 bits per heavy atom. The molecule has 0 unspecified atom stereocenters. The highest BCUT2D eigenvalue weighted by Crippen LogP contribution is 2.27. The van der Waals surface area contributed by atoms with Crippen molar-refractivity contribution in [2.45, 2.75) is 13.5 Å². The van der Waals surface area contributed by atoms with Crippen molar-refractivity contribution in [2.24, 2.45) is 4.99 Å². The van der Waals surface area contributed by atoms with Crippen LogP contribution in [0.1, 0.15) is 17.3 Å². The summed E-state index contributed by atoms with van der Waals surface area (Å²) in [7, 11) is 0. The average Bonchev–Trinajstić information content (AvgIpc) is 2.94. The third-order valence-corrected chi connectivity index (χ3v) is 4.55. The maximum atomic E-state index is 13.0. The molecule has 0 atom stereocenters. The Labute approximate surface area is 148 Å². The molecule has 1 heterocycles. The molecule has 0 N–H and O–H groups in total. The molecule has 0 aliphatic heterocycles. The van der Waals surface area contributed by atoms with Crippen LogP contribution in [-0.4, -0.2) is 17.1 Å². The lowest BCUT2D eigenvalue weighted by atomic mass is 10.2. The molecule has 1 aromatic heterocycles. The summed E-state index contributed by atoms with van der Waals surface area (Å²) in [4.78, 5) is 17.1. The minimum Gasteiger partial charge on any atom is -0.492 e. The number of aromatic nitrogens is 1. The first-order chi connectivity index (χ1) is 12.1. The molecule has 3 rings (SSSR count). The van der Waals surface area contributed by atoms with Gasteiger partial charge < -0.3 is 9.30 Å². The van der Waals surface area contributed by atoms with Crippen LogP contribution in [0, 0.1) is 18.2 Å². The topological polar surface area (TPSA) is 43.6 Å². The molecule has 6 heteroatoms. The van der Waals surface area contributed by atoms with Gasteiger partial charge in [-0.3, -0.25) is 4.79 Å². The molecule has 0 fully saturated rings. The van der Waals surface area contributed by atoms with E-state index in [0.717, 1.165) is 10.2 Å². The van der Waals surface area contributed by atoms with Crippen LogP contribution in [0.4, 0.5) is 4.39 Å². The number of nitrogens with zero attached hydrogens (tertiary/aromatic N) is 2.